The van der Waals surface area contributed by atoms with Crippen LogP contribution < -0.4 is 19.7 Å². The highest BCUT2D eigenvalue weighted by Crippen LogP contribution is 2.34. The summed E-state index contributed by atoms with van der Waals surface area (Å²) in [5.41, 5.74) is 0.0117. The second kappa shape index (κ2) is 12.6. The minimum absolute atomic E-state index is 0.0251. The van der Waals surface area contributed by atoms with Gasteiger partial charge in [-0.2, -0.15) is 0 Å². The van der Waals surface area contributed by atoms with E-state index in [1.54, 1.807) is 26.2 Å². The number of piperidine rings is 1. The smallest absolute Gasteiger partial charge is 0.309 e. The molecule has 0 spiro atoms. The lowest BCUT2D eigenvalue weighted by Crippen LogP contribution is -2.42. The summed E-state index contributed by atoms with van der Waals surface area (Å²) >= 11 is 0. The second-order valence-electron chi connectivity index (χ2n) is 12.8. The van der Waals surface area contributed by atoms with E-state index >= 15 is 0 Å². The topological polar surface area (TPSA) is 114 Å². The summed E-state index contributed by atoms with van der Waals surface area (Å²) in [6.45, 7) is 8.60. The summed E-state index contributed by atoms with van der Waals surface area (Å²) in [4.78, 5) is 36.2. The Labute approximate surface area is 253 Å². The van der Waals surface area contributed by atoms with Gasteiger partial charge in [0.25, 0.3) is 0 Å². The number of hydrogen-bond donors (Lipinski definition) is 2. The van der Waals surface area contributed by atoms with Crippen molar-refractivity contribution < 1.29 is 24.2 Å². The van der Waals surface area contributed by atoms with Crippen LogP contribution in [0.5, 0.6) is 11.5 Å². The molecule has 1 saturated carbocycles. The van der Waals surface area contributed by atoms with Crippen LogP contribution in [0.25, 0.3) is 0 Å². The van der Waals surface area contributed by atoms with Gasteiger partial charge in [0.05, 0.1) is 35.9 Å². The first-order chi connectivity index (χ1) is 20.5. The molecule has 2 N–H and O–H groups in total. The van der Waals surface area contributed by atoms with E-state index in [2.05, 4.69) is 15.2 Å². The van der Waals surface area contributed by atoms with Gasteiger partial charge in [-0.1, -0.05) is 36.4 Å². The molecule has 1 saturated heterocycles. The van der Waals surface area contributed by atoms with E-state index in [1.807, 2.05) is 62.4 Å². The van der Waals surface area contributed by atoms with Gasteiger partial charge in [0.15, 0.2) is 17.3 Å². The molecule has 9 nitrogen and oxygen atoms in total. The third kappa shape index (κ3) is 7.27. The van der Waals surface area contributed by atoms with E-state index < -0.39 is 16.8 Å². The molecule has 2 fully saturated rings. The highest BCUT2D eigenvalue weighted by molar-refractivity contribution is 5.98. The number of hydrogen-bond acceptors (Lipinski definition) is 7. The van der Waals surface area contributed by atoms with Crippen LogP contribution in [0.3, 0.4) is 0 Å². The Bertz CT molecular complexity index is 1430. The van der Waals surface area contributed by atoms with Crippen molar-refractivity contribution in [2.75, 3.05) is 23.3 Å². The van der Waals surface area contributed by atoms with Crippen molar-refractivity contribution in [2.24, 2.45) is 5.41 Å². The number of carboxylic acid groups (broad SMARTS) is 1. The van der Waals surface area contributed by atoms with Crippen LogP contribution in [-0.4, -0.2) is 52.2 Å². The number of ether oxygens (including phenoxy) is 2. The summed E-state index contributed by atoms with van der Waals surface area (Å²) in [6, 6.07) is 15.4. The lowest BCUT2D eigenvalue weighted by Gasteiger charge is -2.34. The standard InChI is InChI=1S/C34H42N4O5/c1-33(2,32(40)41)19-23-14-16-24(17-15-23)34(3,4)31(39)37-29-20-35-21-30(36-29)38-18-8-11-26(22-38)43-28-13-6-5-12-27(28)42-25-9-7-10-25/h5-6,12-17,20-21,25-26H,7-11,18-19,22H2,1-4H3,(H,40,41)(H,36,37,39)/t26-/m1/s1. The fraction of sp³-hybridized carbons (Fsp3) is 0.471. The number of para-hydroxylation sites is 2. The molecule has 228 valence electrons. The van der Waals surface area contributed by atoms with Crippen LogP contribution in [-0.2, 0) is 21.4 Å². The van der Waals surface area contributed by atoms with Crippen molar-refractivity contribution in [1.82, 2.24) is 9.97 Å². The SMILES string of the molecule is CC(C)(Cc1ccc(C(C)(C)C(=O)Nc2cncc(N3CCC[C@@H](Oc4ccccc4OC4CCC4)C3)n2)cc1)C(=O)O. The summed E-state index contributed by atoms with van der Waals surface area (Å²) < 4.78 is 12.6. The Kier molecular flexibility index (Phi) is 8.89. The molecule has 2 heterocycles. The highest BCUT2D eigenvalue weighted by Gasteiger charge is 2.32. The van der Waals surface area contributed by atoms with E-state index in [9.17, 15) is 14.7 Å². The number of rotatable bonds is 11. The van der Waals surface area contributed by atoms with E-state index in [-0.39, 0.29) is 18.1 Å². The molecular weight excluding hydrogens is 544 g/mol. The van der Waals surface area contributed by atoms with Gasteiger partial charge >= 0.3 is 5.97 Å². The first-order valence-electron chi connectivity index (χ1n) is 15.1. The quantitative estimate of drug-likeness (QED) is 0.280. The number of carbonyl (C=O) groups excluding carboxylic acids is 1. The summed E-state index contributed by atoms with van der Waals surface area (Å²) in [7, 11) is 0. The Morgan fingerprint density at radius 1 is 0.930 bits per heavy atom. The monoisotopic (exact) mass is 586 g/mol. The third-order valence-electron chi connectivity index (χ3n) is 8.52. The Hall–Kier alpha value is -4.14. The van der Waals surface area contributed by atoms with Gasteiger partial charge in [-0.3, -0.25) is 14.6 Å². The van der Waals surface area contributed by atoms with Gasteiger partial charge in [0, 0.05) is 6.54 Å². The van der Waals surface area contributed by atoms with E-state index in [1.165, 1.54) is 6.42 Å². The van der Waals surface area contributed by atoms with Gasteiger partial charge in [-0.05, 0) is 89.5 Å². The van der Waals surface area contributed by atoms with Gasteiger partial charge in [0.2, 0.25) is 5.91 Å². The highest BCUT2D eigenvalue weighted by atomic mass is 16.5. The number of amides is 1. The van der Waals surface area contributed by atoms with Crippen molar-refractivity contribution in [3.8, 4) is 11.5 Å². The number of nitrogens with one attached hydrogen (secondary N) is 1. The van der Waals surface area contributed by atoms with E-state index in [0.717, 1.165) is 54.9 Å². The molecule has 1 aromatic heterocycles. The largest absolute Gasteiger partial charge is 0.487 e. The van der Waals surface area contributed by atoms with Crippen LogP contribution in [0.2, 0.25) is 0 Å². The fourth-order valence-electron chi connectivity index (χ4n) is 5.33. The molecule has 1 aliphatic heterocycles. The Morgan fingerprint density at radius 3 is 2.21 bits per heavy atom. The van der Waals surface area contributed by atoms with E-state index in [4.69, 9.17) is 14.5 Å². The van der Waals surface area contributed by atoms with Gasteiger partial charge in [-0.15, -0.1) is 0 Å². The average molecular weight is 587 g/mol. The minimum atomic E-state index is -0.868. The molecule has 0 bridgehead atoms. The molecule has 3 aromatic rings. The zero-order chi connectivity index (χ0) is 30.6. The van der Waals surface area contributed by atoms with Crippen molar-refractivity contribution in [3.05, 3.63) is 72.1 Å². The number of carboxylic acids is 1. The average Bonchev–Trinajstić information content (AvgIpc) is 2.96. The Morgan fingerprint density at radius 2 is 1.58 bits per heavy atom. The molecule has 43 heavy (non-hydrogen) atoms. The number of aliphatic carboxylic acids is 1. The lowest BCUT2D eigenvalue weighted by molar-refractivity contribution is -0.146. The van der Waals surface area contributed by atoms with E-state index in [0.29, 0.717) is 24.6 Å². The third-order valence-corrected chi connectivity index (χ3v) is 8.52. The zero-order valence-corrected chi connectivity index (χ0v) is 25.5. The maximum Gasteiger partial charge on any atom is 0.309 e. The molecule has 1 amide bonds. The predicted octanol–water partition coefficient (Wildman–Crippen LogP) is 6.03. The summed E-state index contributed by atoms with van der Waals surface area (Å²) in [5.74, 6) is 1.60. The molecule has 9 heteroatoms. The molecule has 0 unspecified atom stereocenters. The Balaban J connectivity index is 1.22. The molecule has 2 aliphatic rings. The van der Waals surface area contributed by atoms with Crippen molar-refractivity contribution in [2.45, 2.75) is 83.8 Å². The molecule has 1 aliphatic carbocycles. The van der Waals surface area contributed by atoms with Crippen molar-refractivity contribution in [3.63, 3.8) is 0 Å². The van der Waals surface area contributed by atoms with Gasteiger partial charge < -0.3 is 24.8 Å². The number of nitrogens with zero attached hydrogens (tertiary/aromatic N) is 3. The van der Waals surface area contributed by atoms with Crippen LogP contribution in [0, 0.1) is 5.41 Å². The van der Waals surface area contributed by atoms with Crippen molar-refractivity contribution in [1.29, 1.82) is 0 Å². The molecule has 2 aromatic carbocycles. The maximum atomic E-state index is 13.4. The van der Waals surface area contributed by atoms with Gasteiger partial charge in [0.1, 0.15) is 11.9 Å². The van der Waals surface area contributed by atoms with Crippen molar-refractivity contribution >= 4 is 23.5 Å². The van der Waals surface area contributed by atoms with Crippen LogP contribution in [0.15, 0.2) is 60.9 Å². The number of benzene rings is 2. The predicted molar refractivity (Wildman–Crippen MR) is 166 cm³/mol. The normalized spacial score (nSPS) is 17.6. The number of aromatic nitrogens is 2. The lowest BCUT2D eigenvalue weighted by atomic mass is 9.81. The maximum absolute atomic E-state index is 13.4. The number of anilines is 2. The summed E-state index contributed by atoms with van der Waals surface area (Å²) in [6.07, 6.45) is 9.20. The molecule has 1 atom stereocenters. The second-order valence-corrected chi connectivity index (χ2v) is 12.8. The molecular formula is C34H42N4O5. The fourth-order valence-corrected chi connectivity index (χ4v) is 5.33. The number of carbonyl (C=O) groups is 2. The minimum Gasteiger partial charge on any atom is -0.487 e. The molecule has 0 radical (unpaired) electrons. The first-order valence-corrected chi connectivity index (χ1v) is 15.1. The first kappa shape index (κ1) is 30.3. The van der Waals surface area contributed by atoms with Crippen LogP contribution in [0.4, 0.5) is 11.6 Å². The van der Waals surface area contributed by atoms with Gasteiger partial charge in [-0.25, -0.2) is 4.98 Å². The van der Waals surface area contributed by atoms with Crippen LogP contribution in [0.1, 0.15) is 70.9 Å². The summed E-state index contributed by atoms with van der Waals surface area (Å²) in [5, 5.41) is 12.4. The zero-order valence-electron chi connectivity index (χ0n) is 25.5. The van der Waals surface area contributed by atoms with Crippen LogP contribution >= 0.6 is 0 Å². The molecule has 5 rings (SSSR count).